The lowest BCUT2D eigenvalue weighted by Gasteiger charge is -1.98. The van der Waals surface area contributed by atoms with Gasteiger partial charge in [0.2, 0.25) is 0 Å². The number of benzene rings is 2. The van der Waals surface area contributed by atoms with Crippen molar-refractivity contribution in [3.63, 3.8) is 0 Å². The van der Waals surface area contributed by atoms with Gasteiger partial charge in [-0.2, -0.15) is 9.90 Å². The molecule has 15 heavy (non-hydrogen) atoms. The highest BCUT2D eigenvalue weighted by Crippen LogP contribution is 2.17. The molecule has 0 fully saturated rings. The van der Waals surface area contributed by atoms with E-state index in [0.717, 1.165) is 0 Å². The summed E-state index contributed by atoms with van der Waals surface area (Å²) in [4.78, 5) is 0. The molecule has 80 valence electrons. The predicted molar refractivity (Wildman–Crippen MR) is 74.3 cm³/mol. The van der Waals surface area contributed by atoms with Gasteiger partial charge >= 0.3 is 0 Å². The minimum atomic E-state index is 0. The van der Waals surface area contributed by atoms with Gasteiger partial charge in [0.05, 0.1) is 0 Å². The smallest absolute Gasteiger partial charge is 0.0184 e. The molecule has 2 rings (SSSR count). The van der Waals surface area contributed by atoms with E-state index in [2.05, 4.69) is 48.5 Å². The van der Waals surface area contributed by atoms with E-state index in [4.69, 9.17) is 0 Å². The van der Waals surface area contributed by atoms with Gasteiger partial charge in [-0.15, -0.1) is 0 Å². The molecule has 1 heteroatoms. The van der Waals surface area contributed by atoms with Gasteiger partial charge in [0, 0.05) is 0 Å². The normalized spacial score (nSPS) is 8.13. The first-order chi connectivity index (χ1) is 6.97. The van der Waals surface area contributed by atoms with E-state index < -0.39 is 0 Å². The van der Waals surface area contributed by atoms with Crippen LogP contribution in [0.5, 0.6) is 0 Å². The van der Waals surface area contributed by atoms with Crippen LogP contribution in [0, 0.1) is 0 Å². The molecule has 0 saturated heterocycles. The van der Waals surface area contributed by atoms with E-state index in [9.17, 15) is 0 Å². The van der Waals surface area contributed by atoms with Gasteiger partial charge in [-0.3, -0.25) is 0 Å². The summed E-state index contributed by atoms with van der Waals surface area (Å²) in [6.45, 7) is 4.00. The Morgan fingerprint density at radius 2 is 0.800 bits per heavy atom. The van der Waals surface area contributed by atoms with E-state index in [0.29, 0.717) is 0 Å². The maximum atomic E-state index is 2.12. The van der Waals surface area contributed by atoms with Crippen LogP contribution in [0.1, 0.15) is 13.8 Å². The van der Waals surface area contributed by atoms with Crippen LogP contribution in [0.15, 0.2) is 60.7 Å². The van der Waals surface area contributed by atoms with Crippen molar-refractivity contribution in [3.05, 3.63) is 60.7 Å². The summed E-state index contributed by atoms with van der Waals surface area (Å²) < 4.78 is 0. The SMILES string of the molecule is CC.P.c1ccc(-c2ccccc2)cc1. The molecule has 0 spiro atoms. The molecular formula is C14H19P. The molecule has 0 aliphatic heterocycles. The number of hydrogen-bond acceptors (Lipinski definition) is 0. The van der Waals surface area contributed by atoms with Crippen molar-refractivity contribution in [2.75, 3.05) is 0 Å². The third-order valence-electron chi connectivity index (χ3n) is 1.88. The summed E-state index contributed by atoms with van der Waals surface area (Å²) in [5.41, 5.74) is 2.55. The largest absolute Gasteiger partial charge is 0.153 e. The van der Waals surface area contributed by atoms with E-state index in [1.165, 1.54) is 11.1 Å². The minimum Gasteiger partial charge on any atom is -0.153 e. The van der Waals surface area contributed by atoms with E-state index in [-0.39, 0.29) is 9.90 Å². The Balaban J connectivity index is 0.000000617. The summed E-state index contributed by atoms with van der Waals surface area (Å²) >= 11 is 0. The lowest BCUT2D eigenvalue weighted by Crippen LogP contribution is -1.73. The minimum absolute atomic E-state index is 0. The van der Waals surface area contributed by atoms with E-state index in [1.54, 1.807) is 0 Å². The van der Waals surface area contributed by atoms with Crippen molar-refractivity contribution in [3.8, 4) is 11.1 Å². The Labute approximate surface area is 96.0 Å². The molecule has 0 bridgehead atoms. The molecule has 0 radical (unpaired) electrons. The Hall–Kier alpha value is -1.13. The molecule has 0 aliphatic rings. The lowest BCUT2D eigenvalue weighted by molar-refractivity contribution is 1.50. The molecule has 0 heterocycles. The third kappa shape index (κ3) is 4.27. The summed E-state index contributed by atoms with van der Waals surface area (Å²) in [7, 11) is 0. The zero-order valence-corrected chi connectivity index (χ0v) is 10.9. The van der Waals surface area contributed by atoms with Gasteiger partial charge in [-0.25, -0.2) is 0 Å². The van der Waals surface area contributed by atoms with Crippen LogP contribution in [-0.2, 0) is 0 Å². The van der Waals surface area contributed by atoms with Gasteiger partial charge in [-0.1, -0.05) is 74.5 Å². The highest BCUT2D eigenvalue weighted by Gasteiger charge is 1.91. The Morgan fingerprint density at radius 3 is 1.07 bits per heavy atom. The zero-order chi connectivity index (χ0) is 10.2. The fourth-order valence-electron chi connectivity index (χ4n) is 1.26. The Kier molecular flexibility index (Phi) is 7.58. The summed E-state index contributed by atoms with van der Waals surface area (Å²) in [6, 6.07) is 20.8. The molecule has 0 N–H and O–H groups in total. The van der Waals surface area contributed by atoms with Crippen molar-refractivity contribution in [1.82, 2.24) is 0 Å². The average Bonchev–Trinajstić information content (AvgIpc) is 2.34. The zero-order valence-electron chi connectivity index (χ0n) is 9.48. The first-order valence-corrected chi connectivity index (χ1v) is 5.07. The molecule has 2 aromatic carbocycles. The molecule has 2 aromatic rings. The highest BCUT2D eigenvalue weighted by molar-refractivity contribution is 6.92. The van der Waals surface area contributed by atoms with Crippen LogP contribution in [0.4, 0.5) is 0 Å². The second kappa shape index (κ2) is 8.20. The summed E-state index contributed by atoms with van der Waals surface area (Å²) in [6.07, 6.45) is 0. The van der Waals surface area contributed by atoms with E-state index >= 15 is 0 Å². The van der Waals surface area contributed by atoms with Crippen LogP contribution in [0.25, 0.3) is 11.1 Å². The van der Waals surface area contributed by atoms with Gasteiger partial charge in [0.1, 0.15) is 0 Å². The maximum absolute atomic E-state index is 2.12. The monoisotopic (exact) mass is 218 g/mol. The summed E-state index contributed by atoms with van der Waals surface area (Å²) in [5.74, 6) is 0. The number of rotatable bonds is 1. The average molecular weight is 218 g/mol. The van der Waals surface area contributed by atoms with Gasteiger partial charge < -0.3 is 0 Å². The molecule has 0 nitrogen and oxygen atoms in total. The predicted octanol–water partition coefficient (Wildman–Crippen LogP) is 4.44. The first-order valence-electron chi connectivity index (χ1n) is 5.07. The maximum Gasteiger partial charge on any atom is -0.0184 e. The molecule has 1 unspecified atom stereocenters. The molecule has 0 aliphatic carbocycles. The van der Waals surface area contributed by atoms with Crippen molar-refractivity contribution >= 4 is 9.90 Å². The van der Waals surface area contributed by atoms with Crippen molar-refractivity contribution in [2.45, 2.75) is 13.8 Å². The standard InChI is InChI=1S/C12H10.C2H6.H3P/c1-3-7-11(8-4-1)12-9-5-2-6-10-12;1-2;/h1-10H;1-2H3;1H3. The van der Waals surface area contributed by atoms with Gasteiger partial charge in [-0.05, 0) is 11.1 Å². The third-order valence-corrected chi connectivity index (χ3v) is 1.88. The van der Waals surface area contributed by atoms with Crippen LogP contribution in [0.2, 0.25) is 0 Å². The first kappa shape index (κ1) is 13.9. The van der Waals surface area contributed by atoms with Gasteiger partial charge in [0.15, 0.2) is 0 Å². The fraction of sp³-hybridized carbons (Fsp3) is 0.143. The van der Waals surface area contributed by atoms with Crippen molar-refractivity contribution < 1.29 is 0 Å². The van der Waals surface area contributed by atoms with E-state index in [1.807, 2.05) is 26.0 Å². The molecule has 1 atom stereocenters. The Bertz CT molecular complexity index is 303. The topological polar surface area (TPSA) is 0 Å². The molecule has 0 saturated carbocycles. The number of hydrogen-bond donors (Lipinski definition) is 0. The fourth-order valence-corrected chi connectivity index (χ4v) is 1.26. The van der Waals surface area contributed by atoms with Crippen LogP contribution in [-0.4, -0.2) is 0 Å². The lowest BCUT2D eigenvalue weighted by atomic mass is 10.1. The second-order valence-electron chi connectivity index (χ2n) is 2.73. The quantitative estimate of drug-likeness (QED) is 0.621. The van der Waals surface area contributed by atoms with Crippen LogP contribution in [0.3, 0.4) is 0 Å². The molecule has 0 amide bonds. The van der Waals surface area contributed by atoms with Crippen molar-refractivity contribution in [1.29, 1.82) is 0 Å². The highest BCUT2D eigenvalue weighted by atomic mass is 31.0. The molecular weight excluding hydrogens is 199 g/mol. The van der Waals surface area contributed by atoms with Crippen LogP contribution < -0.4 is 0 Å². The Morgan fingerprint density at radius 1 is 0.533 bits per heavy atom. The van der Waals surface area contributed by atoms with Gasteiger partial charge in [0.25, 0.3) is 0 Å². The van der Waals surface area contributed by atoms with Crippen LogP contribution >= 0.6 is 9.90 Å². The molecule has 0 aromatic heterocycles. The second-order valence-corrected chi connectivity index (χ2v) is 2.73. The van der Waals surface area contributed by atoms with Crippen molar-refractivity contribution in [2.24, 2.45) is 0 Å². The summed E-state index contributed by atoms with van der Waals surface area (Å²) in [5, 5.41) is 0.